The molecule has 0 bridgehead atoms. The summed E-state index contributed by atoms with van der Waals surface area (Å²) in [5.41, 5.74) is 4.44. The Morgan fingerprint density at radius 3 is 2.39 bits per heavy atom. The van der Waals surface area contributed by atoms with Crippen LogP contribution in [0.2, 0.25) is 0 Å². The van der Waals surface area contributed by atoms with Crippen molar-refractivity contribution in [1.82, 2.24) is 14.8 Å². The molecular formula is C25H22N4OS. The Labute approximate surface area is 185 Å². The van der Waals surface area contributed by atoms with Gasteiger partial charge in [0, 0.05) is 24.3 Å². The van der Waals surface area contributed by atoms with E-state index < -0.39 is 0 Å². The van der Waals surface area contributed by atoms with Crippen LogP contribution in [0, 0.1) is 0 Å². The van der Waals surface area contributed by atoms with Crippen molar-refractivity contribution in [3.05, 3.63) is 102 Å². The maximum Gasteiger partial charge on any atom is 0.237 e. The fourth-order valence-electron chi connectivity index (χ4n) is 3.92. The smallest absolute Gasteiger partial charge is 0.237 e. The largest absolute Gasteiger partial charge is 0.311 e. The lowest BCUT2D eigenvalue weighted by molar-refractivity contribution is -0.116. The van der Waals surface area contributed by atoms with E-state index in [1.54, 1.807) is 0 Å². The third kappa shape index (κ3) is 4.11. The van der Waals surface area contributed by atoms with Gasteiger partial charge in [-0.1, -0.05) is 78.5 Å². The maximum atomic E-state index is 13.0. The van der Waals surface area contributed by atoms with Crippen molar-refractivity contribution in [1.29, 1.82) is 0 Å². The first-order valence-corrected chi connectivity index (χ1v) is 11.3. The lowest BCUT2D eigenvalue weighted by Gasteiger charge is -2.17. The summed E-state index contributed by atoms with van der Waals surface area (Å²) in [6, 6.07) is 28.5. The summed E-state index contributed by atoms with van der Waals surface area (Å²) >= 11 is 1.44. The molecule has 0 unspecified atom stereocenters. The van der Waals surface area contributed by atoms with Crippen LogP contribution in [-0.2, 0) is 17.6 Å². The number of thioether (sulfide) groups is 1. The van der Waals surface area contributed by atoms with Gasteiger partial charge in [0.05, 0.1) is 5.75 Å². The number of carbonyl (C=O) groups excluding carboxylic acids is 1. The van der Waals surface area contributed by atoms with Crippen molar-refractivity contribution in [2.75, 3.05) is 17.2 Å². The minimum Gasteiger partial charge on any atom is -0.311 e. The Kier molecular flexibility index (Phi) is 5.54. The number of para-hydroxylation sites is 2. The summed E-state index contributed by atoms with van der Waals surface area (Å²) in [6.07, 6.45) is 1.59. The molecule has 5 nitrogen and oxygen atoms in total. The summed E-state index contributed by atoms with van der Waals surface area (Å²) in [6.45, 7) is 0.739. The van der Waals surface area contributed by atoms with Crippen LogP contribution in [-0.4, -0.2) is 33.0 Å². The van der Waals surface area contributed by atoms with Crippen molar-refractivity contribution in [3.63, 3.8) is 0 Å². The van der Waals surface area contributed by atoms with Crippen LogP contribution in [0.15, 0.2) is 90.1 Å². The molecule has 3 aromatic carbocycles. The number of carbonyl (C=O) groups is 1. The Balaban J connectivity index is 1.38. The van der Waals surface area contributed by atoms with Crippen molar-refractivity contribution < 1.29 is 4.79 Å². The number of hydrogen-bond acceptors (Lipinski definition) is 4. The monoisotopic (exact) mass is 426 g/mol. The molecule has 1 aliphatic rings. The van der Waals surface area contributed by atoms with Gasteiger partial charge in [0.25, 0.3) is 0 Å². The summed E-state index contributed by atoms with van der Waals surface area (Å²) in [7, 11) is 0. The Morgan fingerprint density at radius 1 is 0.871 bits per heavy atom. The molecule has 0 saturated carbocycles. The molecule has 154 valence electrons. The van der Waals surface area contributed by atoms with E-state index in [4.69, 9.17) is 0 Å². The van der Waals surface area contributed by atoms with Crippen LogP contribution in [0.4, 0.5) is 5.69 Å². The van der Waals surface area contributed by atoms with E-state index in [-0.39, 0.29) is 5.91 Å². The van der Waals surface area contributed by atoms with Crippen LogP contribution in [0.25, 0.3) is 5.69 Å². The quantitative estimate of drug-likeness (QED) is 0.425. The van der Waals surface area contributed by atoms with E-state index in [1.807, 2.05) is 71.6 Å². The predicted molar refractivity (Wildman–Crippen MR) is 124 cm³/mol. The highest BCUT2D eigenvalue weighted by Gasteiger charge is 2.25. The van der Waals surface area contributed by atoms with Crippen LogP contribution >= 0.6 is 11.8 Å². The Morgan fingerprint density at radius 2 is 1.58 bits per heavy atom. The average molecular weight is 427 g/mol. The third-order valence-corrected chi connectivity index (χ3v) is 6.35. The number of rotatable bonds is 6. The highest BCUT2D eigenvalue weighted by Crippen LogP contribution is 2.29. The molecule has 0 fully saturated rings. The molecule has 6 heteroatoms. The van der Waals surface area contributed by atoms with Gasteiger partial charge in [-0.2, -0.15) is 0 Å². The second kappa shape index (κ2) is 8.78. The standard InChI is InChI=1S/C25H22N4OS/c30-24(28-16-15-20-11-7-8-14-22(20)28)18-31-25-27-26-23(17-19-9-3-1-4-10-19)29(25)21-12-5-2-6-13-21/h1-14H,15-18H2. The lowest BCUT2D eigenvalue weighted by Crippen LogP contribution is -2.30. The molecule has 31 heavy (non-hydrogen) atoms. The fourth-order valence-corrected chi connectivity index (χ4v) is 4.77. The van der Waals surface area contributed by atoms with Crippen LogP contribution in [0.1, 0.15) is 17.0 Å². The molecule has 0 atom stereocenters. The fraction of sp³-hybridized carbons (Fsp3) is 0.160. The topological polar surface area (TPSA) is 51.0 Å². The van der Waals surface area contributed by atoms with Gasteiger partial charge in [0.2, 0.25) is 5.91 Å². The van der Waals surface area contributed by atoms with Gasteiger partial charge in [0.1, 0.15) is 5.82 Å². The third-order valence-electron chi connectivity index (χ3n) is 5.43. The number of anilines is 1. The molecular weight excluding hydrogens is 404 g/mol. The lowest BCUT2D eigenvalue weighted by atomic mass is 10.1. The molecule has 5 rings (SSSR count). The molecule has 0 N–H and O–H groups in total. The molecule has 1 aromatic heterocycles. The zero-order valence-corrected chi connectivity index (χ0v) is 17.8. The summed E-state index contributed by atoms with van der Waals surface area (Å²) in [5, 5.41) is 9.64. The first-order chi connectivity index (χ1) is 15.3. The predicted octanol–water partition coefficient (Wildman–Crippen LogP) is 4.54. The first-order valence-electron chi connectivity index (χ1n) is 10.3. The van der Waals surface area contributed by atoms with Gasteiger partial charge in [0.15, 0.2) is 5.16 Å². The number of fused-ring (bicyclic) bond motifs is 1. The van der Waals surface area contributed by atoms with E-state index >= 15 is 0 Å². The number of hydrogen-bond donors (Lipinski definition) is 0. The average Bonchev–Trinajstić information content (AvgIpc) is 3.43. The maximum absolute atomic E-state index is 13.0. The Hall–Kier alpha value is -3.38. The molecule has 0 radical (unpaired) electrons. The SMILES string of the molecule is O=C(CSc1nnc(Cc2ccccc2)n1-c1ccccc1)N1CCc2ccccc21. The highest BCUT2D eigenvalue weighted by atomic mass is 32.2. The molecule has 1 amide bonds. The molecule has 2 heterocycles. The van der Waals surface area contributed by atoms with Crippen LogP contribution < -0.4 is 4.90 Å². The molecule has 0 aliphatic carbocycles. The van der Waals surface area contributed by atoms with Crippen molar-refractivity contribution >= 4 is 23.4 Å². The number of aromatic nitrogens is 3. The highest BCUT2D eigenvalue weighted by molar-refractivity contribution is 7.99. The van der Waals surface area contributed by atoms with E-state index in [2.05, 4.69) is 33.0 Å². The zero-order valence-electron chi connectivity index (χ0n) is 17.0. The molecule has 0 saturated heterocycles. The minimum absolute atomic E-state index is 0.0992. The van der Waals surface area contributed by atoms with Gasteiger partial charge >= 0.3 is 0 Å². The van der Waals surface area contributed by atoms with Crippen molar-refractivity contribution in [2.45, 2.75) is 18.0 Å². The second-order valence-electron chi connectivity index (χ2n) is 7.44. The second-order valence-corrected chi connectivity index (χ2v) is 8.39. The van der Waals surface area contributed by atoms with Gasteiger partial charge in [-0.3, -0.25) is 9.36 Å². The number of amides is 1. The normalized spacial score (nSPS) is 12.7. The molecule has 4 aromatic rings. The summed E-state index contributed by atoms with van der Waals surface area (Å²) in [4.78, 5) is 14.9. The minimum atomic E-state index is 0.0992. The van der Waals surface area contributed by atoms with Crippen LogP contribution in [0.3, 0.4) is 0 Å². The van der Waals surface area contributed by atoms with E-state index in [0.717, 1.165) is 35.3 Å². The van der Waals surface area contributed by atoms with Crippen molar-refractivity contribution in [3.8, 4) is 5.69 Å². The van der Waals surface area contributed by atoms with Crippen LogP contribution in [0.5, 0.6) is 0 Å². The molecule has 1 aliphatic heterocycles. The number of benzene rings is 3. The van der Waals surface area contributed by atoms with Gasteiger partial charge in [-0.25, -0.2) is 0 Å². The van der Waals surface area contributed by atoms with E-state index in [9.17, 15) is 4.79 Å². The Bertz CT molecular complexity index is 1190. The van der Waals surface area contributed by atoms with Crippen molar-refractivity contribution in [2.24, 2.45) is 0 Å². The number of nitrogens with zero attached hydrogens (tertiary/aromatic N) is 4. The summed E-state index contributed by atoms with van der Waals surface area (Å²) in [5.74, 6) is 1.28. The summed E-state index contributed by atoms with van der Waals surface area (Å²) < 4.78 is 2.06. The van der Waals surface area contributed by atoms with Gasteiger partial charge < -0.3 is 4.90 Å². The van der Waals surface area contributed by atoms with Gasteiger partial charge in [-0.15, -0.1) is 10.2 Å². The zero-order chi connectivity index (χ0) is 21.0. The van der Waals surface area contributed by atoms with Gasteiger partial charge in [-0.05, 0) is 35.7 Å². The van der Waals surface area contributed by atoms with E-state index in [0.29, 0.717) is 12.2 Å². The van der Waals surface area contributed by atoms with E-state index in [1.165, 1.54) is 22.9 Å². The molecule has 0 spiro atoms. The first kappa shape index (κ1) is 19.6.